The molecule has 1 aromatic carbocycles. The zero-order chi connectivity index (χ0) is 28.5. The van der Waals surface area contributed by atoms with Gasteiger partial charge in [-0.15, -0.1) is 0 Å². The molecule has 1 fully saturated rings. The fourth-order valence-corrected chi connectivity index (χ4v) is 3.86. The summed E-state index contributed by atoms with van der Waals surface area (Å²) in [5.74, 6) is -2.05. The van der Waals surface area contributed by atoms with Gasteiger partial charge in [-0.1, -0.05) is 0 Å². The molecular formula is C27H29NO11. The van der Waals surface area contributed by atoms with E-state index in [-0.39, 0.29) is 18.1 Å². The second kappa shape index (κ2) is 13.4. The van der Waals surface area contributed by atoms with E-state index in [9.17, 15) is 24.0 Å². The molecule has 12 nitrogen and oxygen atoms in total. The van der Waals surface area contributed by atoms with E-state index >= 15 is 0 Å². The second-order valence-corrected chi connectivity index (χ2v) is 8.58. The molecule has 1 N–H and O–H groups in total. The van der Waals surface area contributed by atoms with Gasteiger partial charge in [0, 0.05) is 33.3 Å². The van der Waals surface area contributed by atoms with Crippen LogP contribution in [0.4, 0.5) is 0 Å². The van der Waals surface area contributed by atoms with Crippen LogP contribution in [0.2, 0.25) is 0 Å². The minimum atomic E-state index is -1.27. The summed E-state index contributed by atoms with van der Waals surface area (Å²) in [5, 5.41) is 2.62. The number of amides is 1. The smallest absolute Gasteiger partial charge is 0.303 e. The molecule has 0 saturated carbocycles. The monoisotopic (exact) mass is 543 g/mol. The zero-order valence-electron chi connectivity index (χ0n) is 21.8. The highest BCUT2D eigenvalue weighted by Crippen LogP contribution is 2.29. The fourth-order valence-electron chi connectivity index (χ4n) is 3.86. The predicted molar refractivity (Wildman–Crippen MR) is 133 cm³/mol. The van der Waals surface area contributed by atoms with Crippen molar-refractivity contribution < 1.29 is 52.1 Å². The maximum Gasteiger partial charge on any atom is 0.303 e. The molecule has 2 heterocycles. The molecule has 5 unspecified atom stereocenters. The van der Waals surface area contributed by atoms with Gasteiger partial charge in [-0.2, -0.15) is 0 Å². The lowest BCUT2D eigenvalue weighted by molar-refractivity contribution is -0.257. The van der Waals surface area contributed by atoms with E-state index in [1.165, 1.54) is 50.5 Å². The van der Waals surface area contributed by atoms with E-state index in [1.807, 2.05) is 0 Å². The molecule has 39 heavy (non-hydrogen) atoms. The number of hydrogen-bond acceptors (Lipinski definition) is 11. The van der Waals surface area contributed by atoms with E-state index in [4.69, 9.17) is 28.1 Å². The van der Waals surface area contributed by atoms with E-state index in [0.717, 1.165) is 13.8 Å². The summed E-state index contributed by atoms with van der Waals surface area (Å²) >= 11 is 0. The lowest BCUT2D eigenvalue weighted by Crippen LogP contribution is -2.67. The SMILES string of the molecule is CC(=O)NC1C(Oc2ccc(C(=O)/C=C\c3ccco3)cc2)OC(COC(C)=O)C(OC(C)=O)C1OC(C)=O. The van der Waals surface area contributed by atoms with Gasteiger partial charge >= 0.3 is 17.9 Å². The highest BCUT2D eigenvalue weighted by atomic mass is 16.7. The number of ketones is 1. The first kappa shape index (κ1) is 29.1. The Kier molecular flexibility index (Phi) is 9.98. The first-order valence-electron chi connectivity index (χ1n) is 12.0. The summed E-state index contributed by atoms with van der Waals surface area (Å²) in [5.41, 5.74) is 0.369. The van der Waals surface area contributed by atoms with Crippen molar-refractivity contribution in [3.05, 3.63) is 60.1 Å². The molecule has 1 saturated heterocycles. The Morgan fingerprint density at radius 2 is 1.56 bits per heavy atom. The summed E-state index contributed by atoms with van der Waals surface area (Å²) in [6, 6.07) is 8.38. The van der Waals surface area contributed by atoms with Crippen LogP contribution in [0.5, 0.6) is 5.75 Å². The van der Waals surface area contributed by atoms with E-state index in [2.05, 4.69) is 5.32 Å². The maximum absolute atomic E-state index is 12.5. The average molecular weight is 544 g/mol. The van der Waals surface area contributed by atoms with Gasteiger partial charge in [0.05, 0.1) is 6.26 Å². The molecule has 12 heteroatoms. The topological polar surface area (TPSA) is 157 Å². The predicted octanol–water partition coefficient (Wildman–Crippen LogP) is 2.21. The Labute approximate surface area is 224 Å². The summed E-state index contributed by atoms with van der Waals surface area (Å²) in [6.07, 6.45) is -0.459. The lowest BCUT2D eigenvalue weighted by Gasteiger charge is -2.44. The molecule has 3 rings (SSSR count). The number of hydrogen-bond donors (Lipinski definition) is 1. The van der Waals surface area contributed by atoms with Gasteiger partial charge in [0.15, 0.2) is 18.0 Å². The molecule has 1 aliphatic heterocycles. The van der Waals surface area contributed by atoms with Crippen LogP contribution in [0.15, 0.2) is 53.2 Å². The first-order chi connectivity index (χ1) is 18.5. The minimum Gasteiger partial charge on any atom is -0.465 e. The van der Waals surface area contributed by atoms with Crippen LogP contribution >= 0.6 is 0 Å². The molecule has 0 radical (unpaired) electrons. The van der Waals surface area contributed by atoms with Gasteiger partial charge in [0.25, 0.3) is 0 Å². The van der Waals surface area contributed by atoms with E-state index < -0.39 is 54.5 Å². The van der Waals surface area contributed by atoms with E-state index in [0.29, 0.717) is 11.3 Å². The average Bonchev–Trinajstić information content (AvgIpc) is 3.38. The minimum absolute atomic E-state index is 0.251. The number of rotatable bonds is 10. The largest absolute Gasteiger partial charge is 0.465 e. The van der Waals surface area contributed by atoms with Crippen LogP contribution in [-0.4, -0.2) is 66.8 Å². The molecule has 0 spiro atoms. The Balaban J connectivity index is 1.86. The number of furan rings is 1. The fraction of sp³-hybridized carbons (Fsp3) is 0.370. The van der Waals surface area contributed by atoms with Gasteiger partial charge in [-0.05, 0) is 48.6 Å². The van der Waals surface area contributed by atoms with Crippen molar-refractivity contribution >= 4 is 35.7 Å². The van der Waals surface area contributed by atoms with Crippen LogP contribution in [0, 0.1) is 0 Å². The third-order valence-electron chi connectivity index (χ3n) is 5.40. The van der Waals surface area contributed by atoms with Crippen LogP contribution < -0.4 is 10.1 Å². The van der Waals surface area contributed by atoms with Gasteiger partial charge < -0.3 is 33.4 Å². The van der Waals surface area contributed by atoms with Crippen LogP contribution in [0.25, 0.3) is 6.08 Å². The third kappa shape index (κ3) is 8.54. The highest BCUT2D eigenvalue weighted by Gasteiger charge is 2.51. The van der Waals surface area contributed by atoms with Crippen molar-refractivity contribution in [2.45, 2.75) is 58.3 Å². The first-order valence-corrected chi connectivity index (χ1v) is 12.0. The molecule has 1 aromatic heterocycles. The van der Waals surface area contributed by atoms with Crippen molar-refractivity contribution in [3.63, 3.8) is 0 Å². The van der Waals surface area contributed by atoms with Crippen LogP contribution in [0.1, 0.15) is 43.8 Å². The van der Waals surface area contributed by atoms with Gasteiger partial charge in [0.2, 0.25) is 12.2 Å². The molecular weight excluding hydrogens is 514 g/mol. The van der Waals surface area contributed by atoms with Crippen molar-refractivity contribution in [1.82, 2.24) is 5.32 Å². The van der Waals surface area contributed by atoms with E-state index in [1.54, 1.807) is 18.2 Å². The zero-order valence-corrected chi connectivity index (χ0v) is 21.8. The molecule has 1 aliphatic rings. The van der Waals surface area contributed by atoms with Crippen LogP contribution in [-0.2, 0) is 38.1 Å². The van der Waals surface area contributed by atoms with Crippen LogP contribution in [0.3, 0.4) is 0 Å². The summed E-state index contributed by atoms with van der Waals surface area (Å²) in [6.45, 7) is 4.37. The van der Waals surface area contributed by atoms with Gasteiger partial charge in [-0.3, -0.25) is 24.0 Å². The number of carbonyl (C=O) groups is 5. The molecule has 2 aromatic rings. The molecule has 1 amide bonds. The molecule has 5 atom stereocenters. The van der Waals surface area contributed by atoms with Crippen molar-refractivity contribution in [1.29, 1.82) is 0 Å². The van der Waals surface area contributed by atoms with Crippen molar-refractivity contribution in [2.75, 3.05) is 6.61 Å². The number of carbonyl (C=O) groups excluding carboxylic acids is 5. The molecule has 0 bridgehead atoms. The van der Waals surface area contributed by atoms with Gasteiger partial charge in [-0.25, -0.2) is 0 Å². The quantitative estimate of drug-likeness (QED) is 0.203. The Morgan fingerprint density at radius 1 is 0.897 bits per heavy atom. The summed E-state index contributed by atoms with van der Waals surface area (Å²) in [7, 11) is 0. The Morgan fingerprint density at radius 3 is 2.13 bits per heavy atom. The number of esters is 3. The summed E-state index contributed by atoms with van der Waals surface area (Å²) < 4.78 is 33.0. The standard InChI is InChI=1S/C27H29NO11/c1-15(29)28-24-26(37-18(4)32)25(36-17(3)31)23(14-35-16(2)30)39-27(24)38-21-9-7-19(8-10-21)22(33)12-11-20-6-5-13-34-20/h5-13,23-27H,14H2,1-4H3,(H,28,29)/b12-11-. The second-order valence-electron chi connectivity index (χ2n) is 8.58. The maximum atomic E-state index is 12.5. The van der Waals surface area contributed by atoms with Crippen molar-refractivity contribution in [3.8, 4) is 5.75 Å². The number of ether oxygens (including phenoxy) is 5. The lowest BCUT2D eigenvalue weighted by atomic mass is 9.96. The Bertz CT molecular complexity index is 1200. The molecule has 0 aliphatic carbocycles. The number of nitrogens with one attached hydrogen (secondary N) is 1. The van der Waals surface area contributed by atoms with Gasteiger partial charge in [0.1, 0.15) is 30.3 Å². The normalized spacial score (nSPS) is 22.5. The number of allylic oxidation sites excluding steroid dienone is 1. The number of benzene rings is 1. The Hall–Kier alpha value is -4.45. The van der Waals surface area contributed by atoms with Crippen molar-refractivity contribution in [2.24, 2.45) is 0 Å². The molecule has 208 valence electrons. The summed E-state index contributed by atoms with van der Waals surface area (Å²) in [4.78, 5) is 59.8. The highest BCUT2D eigenvalue weighted by molar-refractivity contribution is 6.06. The third-order valence-corrected chi connectivity index (χ3v) is 5.40.